The van der Waals surface area contributed by atoms with E-state index in [0.29, 0.717) is 0 Å². The molecule has 2 heterocycles. The van der Waals surface area contributed by atoms with Crippen LogP contribution in [0.3, 0.4) is 0 Å². The molecular weight excluding hydrogens is 244 g/mol. The number of aromatic hydroxyl groups is 1. The predicted octanol–water partition coefficient (Wildman–Crippen LogP) is 1.48. The average Bonchev–Trinajstić information content (AvgIpc) is 2.32. The second-order valence-electron chi connectivity index (χ2n) is 3.04. The van der Waals surface area contributed by atoms with E-state index in [2.05, 4.69) is 20.3 Å². The fourth-order valence-electron chi connectivity index (χ4n) is 1.16. The van der Waals surface area contributed by atoms with Gasteiger partial charge in [0.1, 0.15) is 5.75 Å². The van der Waals surface area contributed by atoms with Crippen LogP contribution >= 0.6 is 11.6 Å². The van der Waals surface area contributed by atoms with Gasteiger partial charge in [-0.05, 0) is 6.07 Å². The van der Waals surface area contributed by atoms with E-state index in [1.165, 1.54) is 30.9 Å². The van der Waals surface area contributed by atoms with Crippen LogP contribution in [0.1, 0.15) is 10.4 Å². The Morgan fingerprint density at radius 2 is 2.06 bits per heavy atom. The molecule has 0 bridgehead atoms. The Balaban J connectivity index is 2.24. The molecule has 17 heavy (non-hydrogen) atoms. The summed E-state index contributed by atoms with van der Waals surface area (Å²) in [6.07, 6.45) is 5.37. The minimum atomic E-state index is -0.535. The van der Waals surface area contributed by atoms with Crippen LogP contribution in [0.4, 0.5) is 5.82 Å². The summed E-state index contributed by atoms with van der Waals surface area (Å²) < 4.78 is 0. The highest BCUT2D eigenvalue weighted by Gasteiger charge is 2.13. The third kappa shape index (κ3) is 2.48. The molecule has 0 atom stereocenters. The lowest BCUT2D eigenvalue weighted by atomic mass is 10.2. The van der Waals surface area contributed by atoms with Crippen LogP contribution in [0, 0.1) is 0 Å². The zero-order valence-electron chi connectivity index (χ0n) is 8.46. The highest BCUT2D eigenvalue weighted by molar-refractivity contribution is 6.32. The summed E-state index contributed by atoms with van der Waals surface area (Å²) in [5, 5.41) is 11.9. The van der Waals surface area contributed by atoms with E-state index >= 15 is 0 Å². The second-order valence-corrected chi connectivity index (χ2v) is 3.40. The minimum absolute atomic E-state index is 0.0781. The van der Waals surface area contributed by atoms with E-state index in [0.717, 1.165) is 0 Å². The highest BCUT2D eigenvalue weighted by atomic mass is 35.5. The summed E-state index contributed by atoms with van der Waals surface area (Å²) in [6, 6.07) is 1.38. The SMILES string of the molecule is O=C(Nc1nccnc1Cl)c1ccncc1O. The first kappa shape index (κ1) is 11.3. The molecule has 0 unspecified atom stereocenters. The average molecular weight is 251 g/mol. The standard InChI is InChI=1S/C10H7ClN4O2/c11-8-9(14-4-3-13-8)15-10(17)6-1-2-12-5-7(6)16/h1-5,16H,(H,14,15,17). The molecule has 0 aliphatic carbocycles. The number of nitrogens with one attached hydrogen (secondary N) is 1. The summed E-state index contributed by atoms with van der Waals surface area (Å²) in [4.78, 5) is 23.0. The maximum Gasteiger partial charge on any atom is 0.260 e. The van der Waals surface area contributed by atoms with Crippen molar-refractivity contribution in [2.75, 3.05) is 5.32 Å². The van der Waals surface area contributed by atoms with Crippen LogP contribution in [-0.4, -0.2) is 26.0 Å². The normalized spacial score (nSPS) is 9.94. The van der Waals surface area contributed by atoms with Crippen molar-refractivity contribution in [3.63, 3.8) is 0 Å². The quantitative estimate of drug-likeness (QED) is 0.843. The van der Waals surface area contributed by atoms with Gasteiger partial charge in [-0.15, -0.1) is 0 Å². The maximum atomic E-state index is 11.8. The van der Waals surface area contributed by atoms with Crippen molar-refractivity contribution in [1.29, 1.82) is 0 Å². The smallest absolute Gasteiger partial charge is 0.260 e. The van der Waals surface area contributed by atoms with Gasteiger partial charge in [-0.3, -0.25) is 9.78 Å². The molecule has 0 saturated heterocycles. The number of hydrogen-bond acceptors (Lipinski definition) is 5. The monoisotopic (exact) mass is 250 g/mol. The number of carbonyl (C=O) groups is 1. The molecule has 2 aromatic heterocycles. The zero-order chi connectivity index (χ0) is 12.3. The van der Waals surface area contributed by atoms with Gasteiger partial charge in [-0.1, -0.05) is 11.6 Å². The van der Waals surface area contributed by atoms with Gasteiger partial charge < -0.3 is 10.4 Å². The van der Waals surface area contributed by atoms with E-state index in [1.807, 2.05) is 0 Å². The third-order valence-electron chi connectivity index (χ3n) is 1.93. The minimum Gasteiger partial charge on any atom is -0.505 e. The van der Waals surface area contributed by atoms with Crippen molar-refractivity contribution < 1.29 is 9.90 Å². The summed E-state index contributed by atoms with van der Waals surface area (Å²) >= 11 is 5.73. The topological polar surface area (TPSA) is 88.0 Å². The van der Waals surface area contributed by atoms with Gasteiger partial charge in [0, 0.05) is 18.6 Å². The van der Waals surface area contributed by atoms with Crippen molar-refractivity contribution in [3.8, 4) is 5.75 Å². The first-order valence-electron chi connectivity index (χ1n) is 4.59. The molecule has 86 valence electrons. The van der Waals surface area contributed by atoms with E-state index in [-0.39, 0.29) is 22.3 Å². The number of hydrogen-bond donors (Lipinski definition) is 2. The zero-order valence-corrected chi connectivity index (χ0v) is 9.22. The molecule has 6 nitrogen and oxygen atoms in total. The number of anilines is 1. The van der Waals surface area contributed by atoms with Gasteiger partial charge in [-0.2, -0.15) is 0 Å². The lowest BCUT2D eigenvalue weighted by Crippen LogP contribution is -2.13. The molecule has 0 fully saturated rings. The molecule has 1 amide bonds. The number of aromatic nitrogens is 3. The van der Waals surface area contributed by atoms with Gasteiger partial charge in [0.05, 0.1) is 11.8 Å². The molecule has 2 rings (SSSR count). The molecule has 0 aliphatic heterocycles. The largest absolute Gasteiger partial charge is 0.505 e. The summed E-state index contributed by atoms with van der Waals surface area (Å²) in [5.41, 5.74) is 0.0849. The second kappa shape index (κ2) is 4.75. The Morgan fingerprint density at radius 3 is 2.76 bits per heavy atom. The summed E-state index contributed by atoms with van der Waals surface area (Å²) in [7, 11) is 0. The number of amides is 1. The van der Waals surface area contributed by atoms with Crippen molar-refractivity contribution in [2.45, 2.75) is 0 Å². The third-order valence-corrected chi connectivity index (χ3v) is 2.21. The lowest BCUT2D eigenvalue weighted by molar-refractivity contribution is 0.102. The number of halogens is 1. The van der Waals surface area contributed by atoms with Crippen LogP contribution in [0.25, 0.3) is 0 Å². The number of pyridine rings is 1. The number of nitrogens with zero attached hydrogens (tertiary/aromatic N) is 3. The Labute approximate surface area is 101 Å². The van der Waals surface area contributed by atoms with Crippen molar-refractivity contribution in [3.05, 3.63) is 41.6 Å². The van der Waals surface area contributed by atoms with Gasteiger partial charge in [0.2, 0.25) is 0 Å². The Kier molecular flexibility index (Phi) is 3.15. The molecule has 0 radical (unpaired) electrons. The maximum absolute atomic E-state index is 11.8. The number of carbonyl (C=O) groups excluding carboxylic acids is 1. The van der Waals surface area contributed by atoms with Crippen LogP contribution in [0.15, 0.2) is 30.9 Å². The molecule has 7 heteroatoms. The fourth-order valence-corrected chi connectivity index (χ4v) is 1.31. The molecule has 2 N–H and O–H groups in total. The molecule has 0 aromatic carbocycles. The van der Waals surface area contributed by atoms with Crippen LogP contribution in [0.2, 0.25) is 5.15 Å². The van der Waals surface area contributed by atoms with Crippen LogP contribution < -0.4 is 5.32 Å². The van der Waals surface area contributed by atoms with Crippen molar-refractivity contribution in [2.24, 2.45) is 0 Å². The van der Waals surface area contributed by atoms with Gasteiger partial charge >= 0.3 is 0 Å². The van der Waals surface area contributed by atoms with Crippen molar-refractivity contribution in [1.82, 2.24) is 15.0 Å². The van der Waals surface area contributed by atoms with E-state index in [9.17, 15) is 9.90 Å². The molecule has 2 aromatic rings. The molecular formula is C10H7ClN4O2. The molecule has 0 aliphatic rings. The van der Waals surface area contributed by atoms with E-state index < -0.39 is 5.91 Å². The van der Waals surface area contributed by atoms with Crippen LogP contribution in [0.5, 0.6) is 5.75 Å². The molecule has 0 saturated carbocycles. The van der Waals surface area contributed by atoms with Crippen molar-refractivity contribution >= 4 is 23.3 Å². The lowest BCUT2D eigenvalue weighted by Gasteiger charge is -2.05. The highest BCUT2D eigenvalue weighted by Crippen LogP contribution is 2.18. The Morgan fingerprint density at radius 1 is 1.29 bits per heavy atom. The first-order chi connectivity index (χ1) is 8.18. The van der Waals surface area contributed by atoms with E-state index in [1.54, 1.807) is 0 Å². The first-order valence-corrected chi connectivity index (χ1v) is 4.97. The van der Waals surface area contributed by atoms with Gasteiger partial charge in [0.25, 0.3) is 5.91 Å². The molecule has 0 spiro atoms. The van der Waals surface area contributed by atoms with Gasteiger partial charge in [-0.25, -0.2) is 9.97 Å². The summed E-state index contributed by atoms with van der Waals surface area (Å²) in [5.74, 6) is -0.618. The Bertz CT molecular complexity index is 562. The predicted molar refractivity (Wildman–Crippen MR) is 60.9 cm³/mol. The number of rotatable bonds is 2. The van der Waals surface area contributed by atoms with Crippen LogP contribution in [-0.2, 0) is 0 Å². The summed E-state index contributed by atoms with van der Waals surface area (Å²) in [6.45, 7) is 0. The van der Waals surface area contributed by atoms with Gasteiger partial charge in [0.15, 0.2) is 11.0 Å². The van der Waals surface area contributed by atoms with E-state index in [4.69, 9.17) is 11.6 Å². The Hall–Kier alpha value is -2.21. The fraction of sp³-hybridized carbons (Fsp3) is 0.